The second-order valence-corrected chi connectivity index (χ2v) is 6.31. The Balaban J connectivity index is 2.37. The number of nitrogens with two attached hydrogens (primary N) is 1. The largest absolute Gasteiger partial charge is 0.386 e. The van der Waals surface area contributed by atoms with Gasteiger partial charge in [0.25, 0.3) is 0 Å². The van der Waals surface area contributed by atoms with E-state index in [-0.39, 0.29) is 5.88 Å². The van der Waals surface area contributed by atoms with Gasteiger partial charge in [0.05, 0.1) is 23.5 Å². The molecule has 2 N–H and O–H groups in total. The van der Waals surface area contributed by atoms with Gasteiger partial charge in [-0.1, -0.05) is 0 Å². The van der Waals surface area contributed by atoms with Gasteiger partial charge in [-0.2, -0.15) is 0 Å². The zero-order valence-electron chi connectivity index (χ0n) is 9.93. The molecule has 0 atom stereocenters. The Bertz CT molecular complexity index is 598. The molecule has 0 radical (unpaired) electrons. The number of rotatable bonds is 3. The van der Waals surface area contributed by atoms with Crippen LogP contribution in [0.3, 0.4) is 0 Å². The van der Waals surface area contributed by atoms with E-state index in [0.717, 1.165) is 11.3 Å². The molecule has 0 spiro atoms. The van der Waals surface area contributed by atoms with E-state index in [1.54, 1.807) is 12.1 Å². The van der Waals surface area contributed by atoms with Crippen molar-refractivity contribution in [1.29, 1.82) is 0 Å². The summed E-state index contributed by atoms with van der Waals surface area (Å²) in [7, 11) is -3.20. The number of nitrogens with zero attached hydrogens (tertiary/aromatic N) is 2. The van der Waals surface area contributed by atoms with Gasteiger partial charge in [0.1, 0.15) is 5.84 Å². The number of aliphatic imine (C=N–C) groups is 1. The van der Waals surface area contributed by atoms with E-state index >= 15 is 0 Å². The number of amidine groups is 1. The highest BCUT2D eigenvalue weighted by Gasteiger charge is 2.25. The number of hydrogen-bond acceptors (Lipinski definition) is 3. The Morgan fingerprint density at radius 3 is 2.89 bits per heavy atom. The van der Waals surface area contributed by atoms with E-state index in [2.05, 4.69) is 4.99 Å². The van der Waals surface area contributed by atoms with E-state index in [1.165, 1.54) is 10.6 Å². The molecule has 7 heteroatoms. The second kappa shape index (κ2) is 4.78. The van der Waals surface area contributed by atoms with Crippen LogP contribution in [0.25, 0.3) is 0 Å². The Morgan fingerprint density at radius 1 is 1.56 bits per heavy atom. The van der Waals surface area contributed by atoms with Gasteiger partial charge < -0.3 is 5.73 Å². The first-order chi connectivity index (χ1) is 8.41. The van der Waals surface area contributed by atoms with Crippen LogP contribution >= 0.6 is 11.6 Å². The summed E-state index contributed by atoms with van der Waals surface area (Å²) in [6.07, 6.45) is 1.90. The molecule has 5 nitrogen and oxygen atoms in total. The van der Waals surface area contributed by atoms with E-state index in [1.807, 2.05) is 6.07 Å². The first-order valence-electron chi connectivity index (χ1n) is 5.41. The van der Waals surface area contributed by atoms with Crippen LogP contribution in [0.15, 0.2) is 23.2 Å². The van der Waals surface area contributed by atoms with Gasteiger partial charge in [0, 0.05) is 6.54 Å². The van der Waals surface area contributed by atoms with E-state index < -0.39 is 10.0 Å². The van der Waals surface area contributed by atoms with Crippen molar-refractivity contribution in [3.8, 4) is 0 Å². The number of anilines is 1. The molecule has 1 aromatic carbocycles. The van der Waals surface area contributed by atoms with E-state index in [0.29, 0.717) is 24.5 Å². The number of sulfonamides is 1. The molecule has 0 fully saturated rings. The van der Waals surface area contributed by atoms with Crippen molar-refractivity contribution in [2.75, 3.05) is 23.0 Å². The maximum absolute atomic E-state index is 11.6. The van der Waals surface area contributed by atoms with Crippen LogP contribution in [0, 0.1) is 0 Å². The highest BCUT2D eigenvalue weighted by Crippen LogP contribution is 2.32. The minimum Gasteiger partial charge on any atom is -0.386 e. The molecule has 2 rings (SSSR count). The zero-order valence-corrected chi connectivity index (χ0v) is 11.5. The summed E-state index contributed by atoms with van der Waals surface area (Å²) in [5.74, 6) is 0.515. The predicted molar refractivity (Wildman–Crippen MR) is 74.3 cm³/mol. The predicted octanol–water partition coefficient (Wildman–Crippen LogP) is 1.24. The fourth-order valence-electron chi connectivity index (χ4n) is 1.97. The number of alkyl halides is 1. The summed E-state index contributed by atoms with van der Waals surface area (Å²) in [5, 5.41) is 0. The highest BCUT2D eigenvalue weighted by atomic mass is 35.5. The van der Waals surface area contributed by atoms with Crippen molar-refractivity contribution in [2.45, 2.75) is 6.42 Å². The number of benzene rings is 1. The third-order valence-electron chi connectivity index (χ3n) is 2.73. The minimum atomic E-state index is -3.20. The van der Waals surface area contributed by atoms with Gasteiger partial charge in [0.2, 0.25) is 10.0 Å². The number of fused-ring (bicyclic) bond motifs is 1. The van der Waals surface area contributed by atoms with Crippen LogP contribution in [-0.4, -0.2) is 32.9 Å². The van der Waals surface area contributed by atoms with Crippen LogP contribution < -0.4 is 10.0 Å². The first kappa shape index (κ1) is 13.2. The third-order valence-corrected chi connectivity index (χ3v) is 4.18. The van der Waals surface area contributed by atoms with E-state index in [4.69, 9.17) is 17.3 Å². The third kappa shape index (κ3) is 2.59. The van der Waals surface area contributed by atoms with Crippen LogP contribution in [-0.2, 0) is 16.4 Å². The molecule has 98 valence electrons. The van der Waals surface area contributed by atoms with Gasteiger partial charge in [-0.25, -0.2) is 13.4 Å². The average molecular weight is 288 g/mol. The van der Waals surface area contributed by atoms with Crippen molar-refractivity contribution < 1.29 is 8.42 Å². The standard InChI is InChI=1S/C11H14ClN3O2S/c1-18(16,17)15-5-4-8-6-9(2-3-10(8)15)14-11(13)7-12/h2-3,6H,4-5,7H2,1H3,(H2,13,14). The lowest BCUT2D eigenvalue weighted by Gasteiger charge is -2.16. The SMILES string of the molecule is CS(=O)(=O)N1CCc2cc(N=C(N)CCl)ccc21. The molecular weight excluding hydrogens is 274 g/mol. The molecule has 0 saturated heterocycles. The van der Waals surface area contributed by atoms with Gasteiger partial charge in [-0.05, 0) is 30.2 Å². The number of hydrogen-bond donors (Lipinski definition) is 1. The minimum absolute atomic E-state index is 0.173. The topological polar surface area (TPSA) is 75.8 Å². The fraction of sp³-hybridized carbons (Fsp3) is 0.364. The van der Waals surface area contributed by atoms with Crippen LogP contribution in [0.4, 0.5) is 11.4 Å². The highest BCUT2D eigenvalue weighted by molar-refractivity contribution is 7.92. The summed E-state index contributed by atoms with van der Waals surface area (Å²) in [4.78, 5) is 4.14. The van der Waals surface area contributed by atoms with Gasteiger partial charge in [-0.3, -0.25) is 4.31 Å². The zero-order chi connectivity index (χ0) is 13.3. The summed E-state index contributed by atoms with van der Waals surface area (Å²) in [6, 6.07) is 5.34. The quantitative estimate of drug-likeness (QED) is 0.516. The lowest BCUT2D eigenvalue weighted by atomic mass is 10.1. The molecular formula is C11H14ClN3O2S. The molecule has 0 aliphatic carbocycles. The Kier molecular flexibility index (Phi) is 3.49. The molecule has 0 unspecified atom stereocenters. The normalized spacial score (nSPS) is 15.9. The van der Waals surface area contributed by atoms with Crippen molar-refractivity contribution in [2.24, 2.45) is 10.7 Å². The Labute approximate surface area is 111 Å². The molecule has 1 aliphatic heterocycles. The summed E-state index contributed by atoms with van der Waals surface area (Å²) >= 11 is 5.56. The molecule has 0 saturated carbocycles. The van der Waals surface area contributed by atoms with E-state index in [9.17, 15) is 8.42 Å². The number of halogens is 1. The monoisotopic (exact) mass is 287 g/mol. The fourth-order valence-corrected chi connectivity index (χ4v) is 2.99. The van der Waals surface area contributed by atoms with Crippen LogP contribution in [0.5, 0.6) is 0 Å². The lowest BCUT2D eigenvalue weighted by Crippen LogP contribution is -2.27. The molecule has 1 aliphatic rings. The maximum atomic E-state index is 11.6. The molecule has 0 bridgehead atoms. The average Bonchev–Trinajstić information content (AvgIpc) is 2.71. The molecule has 1 aromatic rings. The van der Waals surface area contributed by atoms with Gasteiger partial charge in [-0.15, -0.1) is 11.6 Å². The Morgan fingerprint density at radius 2 is 2.28 bits per heavy atom. The van der Waals surface area contributed by atoms with Crippen molar-refractivity contribution in [3.63, 3.8) is 0 Å². The first-order valence-corrected chi connectivity index (χ1v) is 7.80. The maximum Gasteiger partial charge on any atom is 0.232 e. The van der Waals surface area contributed by atoms with Crippen molar-refractivity contribution >= 4 is 38.8 Å². The summed E-state index contributed by atoms with van der Waals surface area (Å²) in [5.41, 5.74) is 7.94. The molecule has 0 aromatic heterocycles. The molecule has 1 heterocycles. The van der Waals surface area contributed by atoms with Crippen molar-refractivity contribution in [3.05, 3.63) is 23.8 Å². The molecule has 0 amide bonds. The molecule has 18 heavy (non-hydrogen) atoms. The Hall–Kier alpha value is -1.27. The lowest BCUT2D eigenvalue weighted by molar-refractivity contribution is 0.598. The summed E-state index contributed by atoms with van der Waals surface area (Å²) in [6.45, 7) is 0.478. The van der Waals surface area contributed by atoms with Gasteiger partial charge in [0.15, 0.2) is 0 Å². The van der Waals surface area contributed by atoms with Crippen molar-refractivity contribution in [1.82, 2.24) is 0 Å². The smallest absolute Gasteiger partial charge is 0.232 e. The summed E-state index contributed by atoms with van der Waals surface area (Å²) < 4.78 is 24.5. The van der Waals surface area contributed by atoms with Crippen LogP contribution in [0.2, 0.25) is 0 Å². The van der Waals surface area contributed by atoms with Gasteiger partial charge >= 0.3 is 0 Å². The van der Waals surface area contributed by atoms with Crippen LogP contribution in [0.1, 0.15) is 5.56 Å². The second-order valence-electron chi connectivity index (χ2n) is 4.13.